The van der Waals surface area contributed by atoms with Crippen LogP contribution in [0.25, 0.3) is 0 Å². The average molecular weight is 304 g/mol. The normalized spacial score (nSPS) is 11.6. The van der Waals surface area contributed by atoms with Crippen molar-refractivity contribution < 1.29 is 9.84 Å². The second-order valence-corrected chi connectivity index (χ2v) is 4.58. The van der Waals surface area contributed by atoms with E-state index in [0.29, 0.717) is 17.1 Å². The zero-order valence-electron chi connectivity index (χ0n) is 9.38. The first kappa shape index (κ1) is 12.6. The van der Waals surface area contributed by atoms with Crippen molar-refractivity contribution in [1.29, 1.82) is 5.26 Å². The summed E-state index contributed by atoms with van der Waals surface area (Å²) in [5, 5.41) is 18.1. The number of aliphatic hydroxyl groups excluding tert-OH is 1. The molecule has 90 valence electrons. The van der Waals surface area contributed by atoms with E-state index in [9.17, 15) is 5.11 Å². The molecule has 0 fully saturated rings. The summed E-state index contributed by atoms with van der Waals surface area (Å²) in [7, 11) is 0. The lowest BCUT2D eigenvalue weighted by molar-refractivity contribution is 0.235. The van der Waals surface area contributed by atoms with Crippen molar-refractivity contribution in [3.05, 3.63) is 58.6 Å². The van der Waals surface area contributed by atoms with Gasteiger partial charge in [0, 0.05) is 4.47 Å². The van der Waals surface area contributed by atoms with Crippen molar-refractivity contribution >= 4 is 15.9 Å². The molecule has 2 aromatic carbocycles. The minimum Gasteiger partial charge on any atom is -0.457 e. The van der Waals surface area contributed by atoms with Gasteiger partial charge in [-0.1, -0.05) is 28.1 Å². The molecule has 0 saturated carbocycles. The van der Waals surface area contributed by atoms with Crippen LogP contribution in [0.15, 0.2) is 53.0 Å². The van der Waals surface area contributed by atoms with E-state index in [1.54, 1.807) is 30.3 Å². The van der Waals surface area contributed by atoms with Gasteiger partial charge in [-0.05, 0) is 42.0 Å². The Morgan fingerprint density at radius 3 is 2.50 bits per heavy atom. The van der Waals surface area contributed by atoms with Gasteiger partial charge in [0.1, 0.15) is 11.5 Å². The van der Waals surface area contributed by atoms with E-state index in [4.69, 9.17) is 10.00 Å². The summed E-state index contributed by atoms with van der Waals surface area (Å²) in [6.45, 7) is 0. The lowest BCUT2D eigenvalue weighted by Gasteiger charge is -2.08. The summed E-state index contributed by atoms with van der Waals surface area (Å²) in [6.07, 6.45) is -1.13. The number of hydrogen-bond acceptors (Lipinski definition) is 3. The fourth-order valence-electron chi connectivity index (χ4n) is 1.46. The predicted octanol–water partition coefficient (Wildman–Crippen LogP) is 3.80. The van der Waals surface area contributed by atoms with Gasteiger partial charge in [-0.2, -0.15) is 5.26 Å². The standard InChI is InChI=1S/C14H10BrNO2/c15-11-4-6-12(7-5-11)18-13-3-1-2-10(8-13)14(17)9-16/h1-8,14,17H. The Bertz CT molecular complexity index is 575. The predicted molar refractivity (Wildman–Crippen MR) is 71.2 cm³/mol. The average Bonchev–Trinajstić information content (AvgIpc) is 2.41. The fraction of sp³-hybridized carbons (Fsp3) is 0.0714. The van der Waals surface area contributed by atoms with Gasteiger partial charge in [0.25, 0.3) is 0 Å². The molecule has 2 rings (SSSR count). The molecule has 18 heavy (non-hydrogen) atoms. The van der Waals surface area contributed by atoms with Gasteiger partial charge < -0.3 is 9.84 Å². The second-order valence-electron chi connectivity index (χ2n) is 3.66. The van der Waals surface area contributed by atoms with Gasteiger partial charge in [0.05, 0.1) is 6.07 Å². The number of nitrogens with zero attached hydrogens (tertiary/aromatic N) is 1. The monoisotopic (exact) mass is 303 g/mol. The summed E-state index contributed by atoms with van der Waals surface area (Å²) in [6, 6.07) is 16.0. The highest BCUT2D eigenvalue weighted by atomic mass is 79.9. The molecule has 0 bridgehead atoms. The number of rotatable bonds is 3. The van der Waals surface area contributed by atoms with Gasteiger partial charge in [-0.15, -0.1) is 0 Å². The third-order valence-corrected chi connectivity index (χ3v) is 2.87. The minimum absolute atomic E-state index is 0.520. The van der Waals surface area contributed by atoms with Gasteiger partial charge in [0.15, 0.2) is 6.10 Å². The third kappa shape index (κ3) is 3.10. The molecule has 3 nitrogen and oxygen atoms in total. The SMILES string of the molecule is N#CC(O)c1cccc(Oc2ccc(Br)cc2)c1. The number of ether oxygens (including phenoxy) is 1. The molecule has 1 N–H and O–H groups in total. The zero-order valence-corrected chi connectivity index (χ0v) is 11.0. The molecular formula is C14H10BrNO2. The van der Waals surface area contributed by atoms with Crippen LogP contribution in [0.5, 0.6) is 11.5 Å². The number of hydrogen-bond donors (Lipinski definition) is 1. The van der Waals surface area contributed by atoms with E-state index in [0.717, 1.165) is 4.47 Å². The Kier molecular flexibility index (Phi) is 3.98. The lowest BCUT2D eigenvalue weighted by Crippen LogP contribution is -1.93. The molecule has 0 saturated heterocycles. The van der Waals surface area contributed by atoms with Crippen molar-refractivity contribution in [3.63, 3.8) is 0 Å². The summed E-state index contributed by atoms with van der Waals surface area (Å²) in [5.74, 6) is 1.28. The molecule has 0 aliphatic rings. The first-order valence-corrected chi connectivity index (χ1v) is 6.09. The fourth-order valence-corrected chi connectivity index (χ4v) is 1.73. The molecule has 0 aliphatic heterocycles. The zero-order chi connectivity index (χ0) is 13.0. The van der Waals surface area contributed by atoms with Crippen LogP contribution in [0.4, 0.5) is 0 Å². The largest absolute Gasteiger partial charge is 0.457 e. The molecule has 0 heterocycles. The molecule has 0 spiro atoms. The molecule has 1 unspecified atom stereocenters. The van der Waals surface area contributed by atoms with Crippen LogP contribution < -0.4 is 4.74 Å². The van der Waals surface area contributed by atoms with Crippen LogP contribution in [0.2, 0.25) is 0 Å². The lowest BCUT2D eigenvalue weighted by atomic mass is 10.1. The molecule has 2 aromatic rings. The number of aliphatic hydroxyl groups is 1. The van der Waals surface area contributed by atoms with Gasteiger partial charge in [-0.25, -0.2) is 0 Å². The Morgan fingerprint density at radius 1 is 1.11 bits per heavy atom. The highest BCUT2D eigenvalue weighted by molar-refractivity contribution is 9.10. The Hall–Kier alpha value is -1.83. The van der Waals surface area contributed by atoms with E-state index >= 15 is 0 Å². The first-order chi connectivity index (χ1) is 8.69. The van der Waals surface area contributed by atoms with Crippen molar-refractivity contribution in [1.82, 2.24) is 0 Å². The van der Waals surface area contributed by atoms with E-state index in [1.165, 1.54) is 0 Å². The molecular weight excluding hydrogens is 294 g/mol. The van der Waals surface area contributed by atoms with Crippen LogP contribution in [0, 0.1) is 11.3 Å². The summed E-state index contributed by atoms with van der Waals surface area (Å²) < 4.78 is 6.60. The quantitative estimate of drug-likeness (QED) is 0.878. The van der Waals surface area contributed by atoms with Crippen molar-refractivity contribution in [3.8, 4) is 17.6 Å². The second kappa shape index (κ2) is 5.67. The van der Waals surface area contributed by atoms with Crippen LogP contribution in [0.3, 0.4) is 0 Å². The molecule has 1 atom stereocenters. The molecule has 0 aromatic heterocycles. The Balaban J connectivity index is 2.19. The van der Waals surface area contributed by atoms with Crippen LogP contribution in [-0.2, 0) is 0 Å². The van der Waals surface area contributed by atoms with E-state index in [1.807, 2.05) is 24.3 Å². The first-order valence-electron chi connectivity index (χ1n) is 5.30. The summed E-state index contributed by atoms with van der Waals surface area (Å²) >= 11 is 3.35. The maximum atomic E-state index is 9.43. The maximum absolute atomic E-state index is 9.43. The highest BCUT2D eigenvalue weighted by Crippen LogP contribution is 2.25. The number of halogens is 1. The maximum Gasteiger partial charge on any atom is 0.166 e. The molecule has 0 amide bonds. The topological polar surface area (TPSA) is 53.2 Å². The van der Waals surface area contributed by atoms with Gasteiger partial charge in [-0.3, -0.25) is 0 Å². The minimum atomic E-state index is -1.13. The summed E-state index contributed by atoms with van der Waals surface area (Å²) in [4.78, 5) is 0. The Morgan fingerprint density at radius 2 is 1.83 bits per heavy atom. The number of nitriles is 1. The number of benzene rings is 2. The molecule has 4 heteroatoms. The van der Waals surface area contributed by atoms with E-state index in [2.05, 4.69) is 15.9 Å². The van der Waals surface area contributed by atoms with Crippen molar-refractivity contribution in [2.75, 3.05) is 0 Å². The van der Waals surface area contributed by atoms with E-state index in [-0.39, 0.29) is 0 Å². The van der Waals surface area contributed by atoms with Gasteiger partial charge >= 0.3 is 0 Å². The van der Waals surface area contributed by atoms with Crippen LogP contribution in [-0.4, -0.2) is 5.11 Å². The van der Waals surface area contributed by atoms with Crippen LogP contribution in [0.1, 0.15) is 11.7 Å². The van der Waals surface area contributed by atoms with Crippen LogP contribution >= 0.6 is 15.9 Å². The van der Waals surface area contributed by atoms with E-state index < -0.39 is 6.10 Å². The highest BCUT2D eigenvalue weighted by Gasteiger charge is 2.06. The van der Waals surface area contributed by atoms with Gasteiger partial charge in [0.2, 0.25) is 0 Å². The molecule has 0 aliphatic carbocycles. The van der Waals surface area contributed by atoms with Crippen molar-refractivity contribution in [2.24, 2.45) is 0 Å². The Labute approximate surface area is 113 Å². The third-order valence-electron chi connectivity index (χ3n) is 2.35. The summed E-state index contributed by atoms with van der Waals surface area (Å²) in [5.41, 5.74) is 0.520. The molecule has 0 radical (unpaired) electrons. The van der Waals surface area contributed by atoms with Crippen molar-refractivity contribution in [2.45, 2.75) is 6.10 Å². The smallest absolute Gasteiger partial charge is 0.166 e.